The third-order valence-corrected chi connectivity index (χ3v) is 4.97. The van der Waals surface area contributed by atoms with Gasteiger partial charge in [0.05, 0.1) is 23.1 Å². The zero-order valence-corrected chi connectivity index (χ0v) is 13.9. The molecule has 0 aliphatic rings. The molecule has 2 aromatic carbocycles. The molecule has 0 unspecified atom stereocenters. The van der Waals surface area contributed by atoms with Crippen molar-refractivity contribution in [2.75, 3.05) is 11.8 Å². The second-order valence-corrected chi connectivity index (χ2v) is 6.80. The smallest absolute Gasteiger partial charge is 0.339 e. The molecule has 9 heteroatoms. The number of fused-ring (bicyclic) bond motifs is 1. The Morgan fingerprint density at radius 2 is 1.96 bits per heavy atom. The molecular weight excluding hydrogens is 356 g/mol. The Balaban J connectivity index is 2.08. The van der Waals surface area contributed by atoms with Crippen molar-refractivity contribution in [1.82, 2.24) is 5.16 Å². The number of sulfonamides is 1. The summed E-state index contributed by atoms with van der Waals surface area (Å²) in [7, 11) is -2.94. The largest absolute Gasteiger partial charge is 0.465 e. The lowest BCUT2D eigenvalue weighted by molar-refractivity contribution is 0.0596. The minimum Gasteiger partial charge on any atom is -0.465 e. The molecule has 124 valence electrons. The Hall–Kier alpha value is -2.58. The normalized spacial score (nSPS) is 11.4. The second kappa shape index (κ2) is 6.14. The molecule has 0 amide bonds. The maximum Gasteiger partial charge on any atom is 0.339 e. The Bertz CT molecular complexity index is 1030. The Morgan fingerprint density at radius 1 is 1.21 bits per heavy atom. The van der Waals surface area contributed by atoms with E-state index in [1.54, 1.807) is 18.2 Å². The number of ether oxygens (including phenoxy) is 1. The van der Waals surface area contributed by atoms with Crippen LogP contribution in [0.1, 0.15) is 10.4 Å². The molecule has 0 atom stereocenters. The topological polar surface area (TPSA) is 98.5 Å². The molecule has 7 nitrogen and oxygen atoms in total. The Kier molecular flexibility index (Phi) is 4.16. The Morgan fingerprint density at radius 3 is 2.71 bits per heavy atom. The molecule has 0 spiro atoms. The molecule has 1 aromatic heterocycles. The molecule has 3 rings (SSSR count). The predicted molar refractivity (Wildman–Crippen MR) is 87.6 cm³/mol. The monoisotopic (exact) mass is 366 g/mol. The number of hydrogen-bond acceptors (Lipinski definition) is 6. The maximum atomic E-state index is 12.7. The van der Waals surface area contributed by atoms with Gasteiger partial charge in [0.25, 0.3) is 10.0 Å². The van der Waals surface area contributed by atoms with E-state index in [0.29, 0.717) is 11.0 Å². The fourth-order valence-electron chi connectivity index (χ4n) is 2.18. The fraction of sp³-hybridized carbons (Fsp3) is 0.0667. The minimum atomic E-state index is -4.11. The minimum absolute atomic E-state index is 0.0599. The first kappa shape index (κ1) is 16.3. The van der Waals surface area contributed by atoms with E-state index in [-0.39, 0.29) is 21.3 Å². The zero-order valence-electron chi connectivity index (χ0n) is 12.3. The average Bonchev–Trinajstić information content (AvgIpc) is 2.98. The third kappa shape index (κ3) is 2.81. The molecule has 0 radical (unpaired) electrons. The van der Waals surface area contributed by atoms with E-state index in [1.165, 1.54) is 31.4 Å². The lowest BCUT2D eigenvalue weighted by Crippen LogP contribution is -2.17. The summed E-state index contributed by atoms with van der Waals surface area (Å²) in [4.78, 5) is 11.5. The van der Waals surface area contributed by atoms with Crippen LogP contribution in [0.15, 0.2) is 51.9 Å². The van der Waals surface area contributed by atoms with Gasteiger partial charge in [0.15, 0.2) is 11.4 Å². The van der Waals surface area contributed by atoms with Crippen molar-refractivity contribution in [3.63, 3.8) is 0 Å². The van der Waals surface area contributed by atoms with E-state index in [2.05, 4.69) is 14.6 Å². The molecule has 0 saturated carbocycles. The van der Waals surface area contributed by atoms with Crippen molar-refractivity contribution in [2.24, 2.45) is 0 Å². The van der Waals surface area contributed by atoms with Crippen molar-refractivity contribution in [1.29, 1.82) is 0 Å². The quantitative estimate of drug-likeness (QED) is 0.712. The van der Waals surface area contributed by atoms with E-state index < -0.39 is 16.0 Å². The third-order valence-electron chi connectivity index (χ3n) is 3.26. The summed E-state index contributed by atoms with van der Waals surface area (Å²) < 4.78 is 37.3. The van der Waals surface area contributed by atoms with Crippen LogP contribution in [0.25, 0.3) is 11.0 Å². The van der Waals surface area contributed by atoms with Crippen molar-refractivity contribution in [2.45, 2.75) is 4.90 Å². The van der Waals surface area contributed by atoms with Crippen LogP contribution in [0, 0.1) is 0 Å². The van der Waals surface area contributed by atoms with Crippen molar-refractivity contribution < 1.29 is 22.5 Å². The van der Waals surface area contributed by atoms with E-state index in [9.17, 15) is 13.2 Å². The summed E-state index contributed by atoms with van der Waals surface area (Å²) in [6, 6.07) is 10.5. The summed E-state index contributed by atoms with van der Waals surface area (Å²) in [5, 5.41) is 4.31. The lowest BCUT2D eigenvalue weighted by Gasteiger charge is -2.09. The SMILES string of the molecule is COC(=O)c1ccccc1S(=O)(=O)Nc1noc2cccc(Cl)c12. The number of aromatic nitrogens is 1. The highest BCUT2D eigenvalue weighted by Crippen LogP contribution is 2.31. The van der Waals surface area contributed by atoms with Crippen LogP contribution in [0.4, 0.5) is 5.82 Å². The van der Waals surface area contributed by atoms with E-state index >= 15 is 0 Å². The number of anilines is 1. The molecule has 1 heterocycles. The standard InChI is InChI=1S/C15H11ClN2O5S/c1-22-15(19)9-5-2-3-8-12(9)24(20,21)18-14-13-10(16)6-4-7-11(13)23-17-14/h2-8H,1H3,(H,17,18). The summed E-state index contributed by atoms with van der Waals surface area (Å²) >= 11 is 6.07. The molecule has 0 aliphatic heterocycles. The highest BCUT2D eigenvalue weighted by molar-refractivity contribution is 7.92. The number of methoxy groups -OCH3 is 1. The van der Waals surface area contributed by atoms with E-state index in [4.69, 9.17) is 16.1 Å². The fourth-order valence-corrected chi connectivity index (χ4v) is 3.64. The number of carbonyl (C=O) groups is 1. The van der Waals surface area contributed by atoms with Crippen LogP contribution in [0.2, 0.25) is 5.02 Å². The van der Waals surface area contributed by atoms with Crippen LogP contribution in [-0.4, -0.2) is 26.7 Å². The number of esters is 1. The van der Waals surface area contributed by atoms with Crippen LogP contribution in [0.5, 0.6) is 0 Å². The number of nitrogens with zero attached hydrogens (tertiary/aromatic N) is 1. The molecule has 24 heavy (non-hydrogen) atoms. The van der Waals surface area contributed by atoms with Gasteiger partial charge >= 0.3 is 5.97 Å². The first-order valence-electron chi connectivity index (χ1n) is 6.68. The maximum absolute atomic E-state index is 12.7. The van der Waals surface area contributed by atoms with Gasteiger partial charge in [-0.3, -0.25) is 4.72 Å². The predicted octanol–water partition coefficient (Wildman–Crippen LogP) is 3.07. The molecule has 1 N–H and O–H groups in total. The molecular formula is C15H11ClN2O5S. The second-order valence-electron chi connectivity index (χ2n) is 4.74. The van der Waals surface area contributed by atoms with Gasteiger partial charge in [-0.25, -0.2) is 13.2 Å². The van der Waals surface area contributed by atoms with Gasteiger partial charge in [0.2, 0.25) is 0 Å². The highest BCUT2D eigenvalue weighted by Gasteiger charge is 2.25. The van der Waals surface area contributed by atoms with Crippen molar-refractivity contribution in [3.8, 4) is 0 Å². The lowest BCUT2D eigenvalue weighted by atomic mass is 10.2. The Labute approximate surface area is 142 Å². The number of hydrogen-bond donors (Lipinski definition) is 1. The summed E-state index contributed by atoms with van der Waals surface area (Å²) in [6.45, 7) is 0. The number of benzene rings is 2. The molecule has 0 aliphatic carbocycles. The van der Waals surface area contributed by atoms with Crippen LogP contribution < -0.4 is 4.72 Å². The van der Waals surface area contributed by atoms with Crippen molar-refractivity contribution >= 4 is 44.4 Å². The van der Waals surface area contributed by atoms with Crippen molar-refractivity contribution in [3.05, 3.63) is 53.1 Å². The highest BCUT2D eigenvalue weighted by atomic mass is 35.5. The summed E-state index contributed by atoms with van der Waals surface area (Å²) in [6.07, 6.45) is 0. The summed E-state index contributed by atoms with van der Waals surface area (Å²) in [5.74, 6) is -0.825. The van der Waals surface area contributed by atoms with E-state index in [1.807, 2.05) is 0 Å². The van der Waals surface area contributed by atoms with Crippen LogP contribution in [-0.2, 0) is 14.8 Å². The van der Waals surface area contributed by atoms with Gasteiger partial charge in [-0.15, -0.1) is 0 Å². The van der Waals surface area contributed by atoms with Gasteiger partial charge in [0.1, 0.15) is 4.90 Å². The number of rotatable bonds is 4. The summed E-state index contributed by atoms with van der Waals surface area (Å²) in [5.41, 5.74) is 0.243. The average molecular weight is 367 g/mol. The molecule has 0 fully saturated rings. The van der Waals surface area contributed by atoms with E-state index in [0.717, 1.165) is 0 Å². The zero-order chi connectivity index (χ0) is 17.3. The van der Waals surface area contributed by atoms with Crippen LogP contribution in [0.3, 0.4) is 0 Å². The number of nitrogens with one attached hydrogen (secondary N) is 1. The molecule has 0 bridgehead atoms. The molecule has 0 saturated heterocycles. The first-order chi connectivity index (χ1) is 11.4. The van der Waals surface area contributed by atoms with Crippen LogP contribution >= 0.6 is 11.6 Å². The van der Waals surface area contributed by atoms with Gasteiger partial charge in [-0.2, -0.15) is 0 Å². The van der Waals surface area contributed by atoms with Gasteiger partial charge in [0, 0.05) is 0 Å². The number of halogens is 1. The van der Waals surface area contributed by atoms with Gasteiger partial charge in [-0.1, -0.05) is 35.0 Å². The van der Waals surface area contributed by atoms with Gasteiger partial charge in [-0.05, 0) is 24.3 Å². The first-order valence-corrected chi connectivity index (χ1v) is 8.54. The van der Waals surface area contributed by atoms with Gasteiger partial charge < -0.3 is 9.26 Å². The molecule has 3 aromatic rings. The number of carbonyl (C=O) groups excluding carboxylic acids is 1.